The Bertz CT molecular complexity index is 948. The molecule has 5 heteroatoms. The van der Waals surface area contributed by atoms with Crippen LogP contribution in [0.15, 0.2) is 12.1 Å². The number of benzene rings is 1. The molecular weight excluding hydrogens is 432 g/mol. The average molecular weight is 473 g/mol. The van der Waals surface area contributed by atoms with E-state index in [0.29, 0.717) is 11.8 Å². The standard InChI is InChI=1S/C28H40O4S/c1-6-19-13-18(14-20(7-2)26(19)32-17-21(30)16-29)9-10-24(31)27-22-11-12-28(4,5)15-23(22)25(8-3)33-27/h13-14,21,29-30H,6-12,15-17H2,1-5H3. The summed E-state index contributed by atoms with van der Waals surface area (Å²) in [6.07, 6.45) is 6.24. The number of fused-ring (bicyclic) bond motifs is 1. The molecule has 0 saturated carbocycles. The van der Waals surface area contributed by atoms with Crippen molar-refractivity contribution in [2.75, 3.05) is 13.2 Å². The van der Waals surface area contributed by atoms with Crippen molar-refractivity contribution in [3.63, 3.8) is 0 Å². The van der Waals surface area contributed by atoms with E-state index >= 15 is 0 Å². The number of aliphatic hydroxyl groups excluding tert-OH is 2. The maximum Gasteiger partial charge on any atom is 0.173 e. The number of Topliss-reactive ketones (excluding diaryl/α,β-unsaturated/α-hetero) is 1. The third kappa shape index (κ3) is 6.06. The van der Waals surface area contributed by atoms with Crippen LogP contribution in [0.2, 0.25) is 0 Å². The number of ketones is 1. The van der Waals surface area contributed by atoms with Crippen LogP contribution in [0.25, 0.3) is 0 Å². The maximum absolute atomic E-state index is 13.3. The van der Waals surface area contributed by atoms with Crippen LogP contribution >= 0.6 is 11.3 Å². The molecule has 33 heavy (non-hydrogen) atoms. The molecule has 0 amide bonds. The zero-order chi connectivity index (χ0) is 24.2. The predicted octanol–water partition coefficient (Wildman–Crippen LogP) is 5.50. The van der Waals surface area contributed by atoms with Crippen molar-refractivity contribution in [1.29, 1.82) is 0 Å². The van der Waals surface area contributed by atoms with Gasteiger partial charge in [0.2, 0.25) is 0 Å². The quantitative estimate of drug-likeness (QED) is 0.424. The van der Waals surface area contributed by atoms with Gasteiger partial charge >= 0.3 is 0 Å². The van der Waals surface area contributed by atoms with Gasteiger partial charge in [-0.15, -0.1) is 11.3 Å². The van der Waals surface area contributed by atoms with E-state index in [2.05, 4.69) is 46.8 Å². The van der Waals surface area contributed by atoms with E-state index in [9.17, 15) is 9.90 Å². The van der Waals surface area contributed by atoms with Crippen molar-refractivity contribution in [2.24, 2.45) is 5.41 Å². The highest BCUT2D eigenvalue weighted by molar-refractivity contribution is 7.14. The minimum Gasteiger partial charge on any atom is -0.490 e. The molecule has 0 radical (unpaired) electrons. The molecule has 1 aliphatic carbocycles. The Morgan fingerprint density at radius 2 is 1.79 bits per heavy atom. The molecule has 2 aromatic rings. The summed E-state index contributed by atoms with van der Waals surface area (Å²) in [5, 5.41) is 18.8. The highest BCUT2D eigenvalue weighted by Gasteiger charge is 2.31. The lowest BCUT2D eigenvalue weighted by molar-refractivity contribution is 0.0530. The molecule has 1 aliphatic rings. The molecule has 2 N–H and O–H groups in total. The summed E-state index contributed by atoms with van der Waals surface area (Å²) in [6, 6.07) is 4.27. The molecule has 1 aromatic carbocycles. The van der Waals surface area contributed by atoms with Gasteiger partial charge in [-0.2, -0.15) is 0 Å². The number of aliphatic hydroxyl groups is 2. The zero-order valence-corrected chi connectivity index (χ0v) is 21.7. The zero-order valence-electron chi connectivity index (χ0n) is 20.9. The van der Waals surface area contributed by atoms with Crippen LogP contribution in [0, 0.1) is 5.41 Å². The monoisotopic (exact) mass is 472 g/mol. The Labute approximate surface area is 203 Å². The number of ether oxygens (including phenoxy) is 1. The first-order valence-corrected chi connectivity index (χ1v) is 13.3. The first kappa shape index (κ1) is 25.9. The van der Waals surface area contributed by atoms with Crippen LogP contribution in [0.4, 0.5) is 0 Å². The molecular formula is C28H40O4S. The van der Waals surface area contributed by atoms with Gasteiger partial charge in [-0.3, -0.25) is 4.79 Å². The SMILES string of the molecule is CCc1cc(CCC(=O)c2sc(CC)c3c2CCC(C)(C)C3)cc(CC)c1OCC(O)CO. The molecule has 182 valence electrons. The lowest BCUT2D eigenvalue weighted by atomic mass is 9.74. The molecule has 3 rings (SSSR count). The van der Waals surface area contributed by atoms with Crippen molar-refractivity contribution >= 4 is 17.1 Å². The van der Waals surface area contributed by atoms with E-state index in [-0.39, 0.29) is 19.0 Å². The highest BCUT2D eigenvalue weighted by Crippen LogP contribution is 2.42. The second-order valence-electron chi connectivity index (χ2n) is 10.0. The summed E-state index contributed by atoms with van der Waals surface area (Å²) >= 11 is 1.73. The van der Waals surface area contributed by atoms with Crippen molar-refractivity contribution in [2.45, 2.75) is 92.1 Å². The molecule has 0 fully saturated rings. The smallest absolute Gasteiger partial charge is 0.173 e. The topological polar surface area (TPSA) is 66.8 Å². The van der Waals surface area contributed by atoms with Gasteiger partial charge in [0, 0.05) is 11.3 Å². The van der Waals surface area contributed by atoms with E-state index in [1.54, 1.807) is 11.3 Å². The third-order valence-electron chi connectivity index (χ3n) is 6.82. The summed E-state index contributed by atoms with van der Waals surface area (Å²) < 4.78 is 5.87. The van der Waals surface area contributed by atoms with Crippen molar-refractivity contribution in [1.82, 2.24) is 0 Å². The molecule has 1 atom stereocenters. The number of aryl methyl sites for hydroxylation is 4. The minimum atomic E-state index is -0.882. The lowest BCUT2D eigenvalue weighted by Crippen LogP contribution is -2.22. The summed E-state index contributed by atoms with van der Waals surface area (Å²) in [4.78, 5) is 15.7. The molecule has 0 aliphatic heterocycles. The number of carbonyl (C=O) groups is 1. The van der Waals surface area contributed by atoms with Crippen LogP contribution in [0.1, 0.15) is 89.8 Å². The Kier molecular flexibility index (Phi) is 8.76. The van der Waals surface area contributed by atoms with Crippen molar-refractivity contribution in [3.05, 3.63) is 49.7 Å². The minimum absolute atomic E-state index is 0.0778. The average Bonchev–Trinajstić information content (AvgIpc) is 3.17. The normalized spacial score (nSPS) is 15.8. The van der Waals surface area contributed by atoms with Gasteiger partial charge in [0.1, 0.15) is 18.5 Å². The number of hydrogen-bond donors (Lipinski definition) is 2. The number of hydrogen-bond acceptors (Lipinski definition) is 5. The molecule has 1 aromatic heterocycles. The Morgan fingerprint density at radius 1 is 1.12 bits per heavy atom. The Balaban J connectivity index is 1.77. The summed E-state index contributed by atoms with van der Waals surface area (Å²) in [7, 11) is 0. The van der Waals surface area contributed by atoms with Crippen LogP contribution in [0.5, 0.6) is 5.75 Å². The summed E-state index contributed by atoms with van der Waals surface area (Å²) in [6.45, 7) is 10.8. The largest absolute Gasteiger partial charge is 0.490 e. The molecule has 0 bridgehead atoms. The van der Waals surface area contributed by atoms with E-state index in [4.69, 9.17) is 9.84 Å². The Hall–Kier alpha value is -1.69. The first-order chi connectivity index (χ1) is 15.7. The fourth-order valence-electron chi connectivity index (χ4n) is 4.85. The summed E-state index contributed by atoms with van der Waals surface area (Å²) in [5.74, 6) is 1.09. The molecule has 0 saturated heterocycles. The second kappa shape index (κ2) is 11.2. The molecule has 1 unspecified atom stereocenters. The lowest BCUT2D eigenvalue weighted by Gasteiger charge is -2.30. The van der Waals surface area contributed by atoms with E-state index in [1.807, 2.05) is 0 Å². The third-order valence-corrected chi connectivity index (χ3v) is 8.28. The van der Waals surface area contributed by atoms with Crippen molar-refractivity contribution in [3.8, 4) is 5.75 Å². The number of thiophene rings is 1. The van der Waals surface area contributed by atoms with Crippen LogP contribution in [0.3, 0.4) is 0 Å². The van der Waals surface area contributed by atoms with Gasteiger partial charge in [0.25, 0.3) is 0 Å². The molecule has 4 nitrogen and oxygen atoms in total. The van der Waals surface area contributed by atoms with Gasteiger partial charge in [-0.05, 0) is 78.2 Å². The first-order valence-electron chi connectivity index (χ1n) is 12.5. The number of carbonyl (C=O) groups excluding carboxylic acids is 1. The van der Waals surface area contributed by atoms with Gasteiger partial charge in [-0.25, -0.2) is 0 Å². The van der Waals surface area contributed by atoms with Crippen LogP contribution in [-0.2, 0) is 38.5 Å². The van der Waals surface area contributed by atoms with E-state index in [0.717, 1.165) is 72.3 Å². The van der Waals surface area contributed by atoms with Crippen molar-refractivity contribution < 1.29 is 19.7 Å². The number of rotatable bonds is 11. The van der Waals surface area contributed by atoms with Gasteiger partial charge in [0.15, 0.2) is 5.78 Å². The fourth-order valence-corrected chi connectivity index (χ4v) is 6.12. The summed E-state index contributed by atoms with van der Waals surface area (Å²) in [5.41, 5.74) is 6.44. The second-order valence-corrected chi connectivity index (χ2v) is 11.1. The van der Waals surface area contributed by atoms with Gasteiger partial charge in [-0.1, -0.05) is 46.8 Å². The van der Waals surface area contributed by atoms with Gasteiger partial charge in [0.05, 0.1) is 11.5 Å². The predicted molar refractivity (Wildman–Crippen MR) is 136 cm³/mol. The molecule has 0 spiro atoms. The van der Waals surface area contributed by atoms with Crippen LogP contribution in [-0.4, -0.2) is 35.3 Å². The maximum atomic E-state index is 13.3. The highest BCUT2D eigenvalue weighted by atomic mass is 32.1. The van der Waals surface area contributed by atoms with E-state index in [1.165, 1.54) is 16.0 Å². The van der Waals surface area contributed by atoms with E-state index < -0.39 is 6.10 Å². The molecule has 1 heterocycles. The van der Waals surface area contributed by atoms with Gasteiger partial charge < -0.3 is 14.9 Å². The van der Waals surface area contributed by atoms with Crippen LogP contribution < -0.4 is 4.74 Å². The fraction of sp³-hybridized carbons (Fsp3) is 0.607. The Morgan fingerprint density at radius 3 is 2.36 bits per heavy atom.